The molecule has 4 aliphatic rings. The van der Waals surface area contributed by atoms with Gasteiger partial charge in [-0.1, -0.05) is 6.07 Å². The van der Waals surface area contributed by atoms with E-state index in [1.807, 2.05) is 43.9 Å². The number of aliphatic hydroxyl groups is 4. The number of fused-ring (bicyclic) bond motifs is 1. The van der Waals surface area contributed by atoms with Crippen LogP contribution in [0.1, 0.15) is 82.9 Å². The number of hydrogen-bond donors (Lipinski definition) is 5. The molecule has 5 atom stereocenters. The highest BCUT2D eigenvalue weighted by Gasteiger charge is 2.45. The molecule has 1 spiro atoms. The Morgan fingerprint density at radius 1 is 0.946 bits per heavy atom. The summed E-state index contributed by atoms with van der Waals surface area (Å²) in [5.74, 6) is 0. The Bertz CT molecular complexity index is 982. The second-order valence-corrected chi connectivity index (χ2v) is 12.2. The summed E-state index contributed by atoms with van der Waals surface area (Å²) in [5.41, 5.74) is 2.09. The summed E-state index contributed by atoms with van der Waals surface area (Å²) < 4.78 is 5.55. The van der Waals surface area contributed by atoms with Crippen LogP contribution in [0, 0.1) is 5.41 Å². The van der Waals surface area contributed by atoms with Gasteiger partial charge < -0.3 is 35.0 Å². The summed E-state index contributed by atoms with van der Waals surface area (Å²) in [6, 6.07) is 5.33. The number of nitrogens with one attached hydrogen (secondary N) is 1. The van der Waals surface area contributed by atoms with Crippen LogP contribution >= 0.6 is 0 Å². The quantitative estimate of drug-likeness (QED) is 0.399. The van der Waals surface area contributed by atoms with Crippen LogP contribution in [-0.2, 0) is 4.74 Å². The zero-order chi connectivity index (χ0) is 26.5. The lowest BCUT2D eigenvalue weighted by Crippen LogP contribution is -2.57. The molecule has 5 N–H and O–H groups in total. The Kier molecular flexibility index (Phi) is 7.19. The molecule has 4 aliphatic heterocycles. The minimum absolute atomic E-state index is 0.222. The van der Waals surface area contributed by atoms with Gasteiger partial charge in [0, 0.05) is 43.0 Å². The van der Waals surface area contributed by atoms with E-state index >= 15 is 0 Å². The van der Waals surface area contributed by atoms with Crippen molar-refractivity contribution in [2.24, 2.45) is 5.41 Å². The Labute approximate surface area is 218 Å². The number of ether oxygens (including phenoxy) is 1. The highest BCUT2D eigenvalue weighted by molar-refractivity contribution is 5.68. The smallest absolute Gasteiger partial charge is 0.410 e. The van der Waals surface area contributed by atoms with Crippen molar-refractivity contribution in [3.8, 4) is 0 Å². The second kappa shape index (κ2) is 9.98. The van der Waals surface area contributed by atoms with Gasteiger partial charge in [-0.2, -0.15) is 0 Å². The maximum Gasteiger partial charge on any atom is 0.410 e. The summed E-state index contributed by atoms with van der Waals surface area (Å²) in [5, 5.41) is 44.9. The highest BCUT2D eigenvalue weighted by Crippen LogP contribution is 2.46. The van der Waals surface area contributed by atoms with Crippen molar-refractivity contribution in [1.82, 2.24) is 15.1 Å². The molecule has 4 heterocycles. The third-order valence-electron chi connectivity index (χ3n) is 8.70. The van der Waals surface area contributed by atoms with Crippen LogP contribution < -0.4 is 10.2 Å². The minimum Gasteiger partial charge on any atom is -0.444 e. The lowest BCUT2D eigenvalue weighted by molar-refractivity contribution is -0.159. The molecule has 0 aliphatic carbocycles. The normalized spacial score (nSPS) is 32.5. The van der Waals surface area contributed by atoms with Gasteiger partial charge in [0.1, 0.15) is 30.5 Å². The summed E-state index contributed by atoms with van der Waals surface area (Å²) in [6.45, 7) is 8.94. The molecule has 0 aromatic heterocycles. The number of anilines is 1. The summed E-state index contributed by atoms with van der Waals surface area (Å²) in [4.78, 5) is 18.1. The first kappa shape index (κ1) is 26.6. The molecule has 0 bridgehead atoms. The van der Waals surface area contributed by atoms with E-state index < -0.39 is 36.6 Å². The van der Waals surface area contributed by atoms with Crippen molar-refractivity contribution in [2.45, 2.75) is 95.9 Å². The van der Waals surface area contributed by atoms with Gasteiger partial charge in [0.25, 0.3) is 0 Å². The molecule has 0 saturated carbocycles. The van der Waals surface area contributed by atoms with Crippen LogP contribution in [0.4, 0.5) is 10.5 Å². The van der Waals surface area contributed by atoms with Crippen LogP contribution in [0.25, 0.3) is 0 Å². The van der Waals surface area contributed by atoms with E-state index in [2.05, 4.69) is 10.2 Å². The summed E-state index contributed by atoms with van der Waals surface area (Å²) in [6.07, 6.45) is 0.857. The minimum atomic E-state index is -1.04. The fourth-order valence-corrected chi connectivity index (χ4v) is 6.45. The topological polar surface area (TPSA) is 129 Å². The molecule has 1 amide bonds. The van der Waals surface area contributed by atoms with Crippen molar-refractivity contribution in [1.29, 1.82) is 0 Å². The summed E-state index contributed by atoms with van der Waals surface area (Å²) in [7, 11) is 0. The molecule has 5 unspecified atom stereocenters. The fourth-order valence-electron chi connectivity index (χ4n) is 6.45. The number of benzene rings is 1. The van der Waals surface area contributed by atoms with Crippen LogP contribution in [0.3, 0.4) is 0 Å². The Morgan fingerprint density at radius 2 is 1.57 bits per heavy atom. The largest absolute Gasteiger partial charge is 0.444 e. The number of amides is 1. The highest BCUT2D eigenvalue weighted by atomic mass is 16.6. The number of rotatable bonds is 2. The number of aliphatic hydroxyl groups excluding tert-OH is 4. The van der Waals surface area contributed by atoms with Gasteiger partial charge in [-0.25, -0.2) is 9.69 Å². The second-order valence-electron chi connectivity index (χ2n) is 12.2. The third-order valence-corrected chi connectivity index (χ3v) is 8.70. The van der Waals surface area contributed by atoms with E-state index in [-0.39, 0.29) is 11.5 Å². The molecular weight excluding hydrogens is 476 g/mol. The number of likely N-dealkylation sites (tertiary alicyclic amines) is 1. The molecule has 10 nitrogen and oxygen atoms in total. The predicted octanol–water partition coefficient (Wildman–Crippen LogP) is 1.99. The van der Waals surface area contributed by atoms with E-state index in [0.29, 0.717) is 24.0 Å². The van der Waals surface area contributed by atoms with E-state index in [1.165, 1.54) is 4.90 Å². The van der Waals surface area contributed by atoms with E-state index in [0.717, 1.165) is 57.5 Å². The lowest BCUT2D eigenvalue weighted by Gasteiger charge is -2.47. The van der Waals surface area contributed by atoms with Gasteiger partial charge in [0.2, 0.25) is 0 Å². The molecule has 206 valence electrons. The Hall–Kier alpha value is -1.95. The van der Waals surface area contributed by atoms with E-state index in [4.69, 9.17) is 4.74 Å². The fraction of sp³-hybridized carbons (Fsp3) is 0.741. The SMILES string of the molecule is CC(C)(C)OC(=O)N1CCC2(CC1)CCN(c1ccc3c(c1)C(O)N(C1CCC(O)NC1O)C3O)CC2. The van der Waals surface area contributed by atoms with E-state index in [9.17, 15) is 25.2 Å². The zero-order valence-electron chi connectivity index (χ0n) is 22.1. The van der Waals surface area contributed by atoms with E-state index in [1.54, 1.807) is 0 Å². The van der Waals surface area contributed by atoms with Gasteiger partial charge in [-0.15, -0.1) is 0 Å². The first-order chi connectivity index (χ1) is 17.5. The van der Waals surface area contributed by atoms with Crippen molar-refractivity contribution < 1.29 is 30.0 Å². The lowest BCUT2D eigenvalue weighted by atomic mass is 9.71. The third kappa shape index (κ3) is 5.32. The number of carbonyl (C=O) groups excluding carboxylic acids is 1. The maximum atomic E-state index is 12.4. The molecule has 1 aromatic carbocycles. The Balaban J connectivity index is 1.20. The average molecular weight is 519 g/mol. The first-order valence-electron chi connectivity index (χ1n) is 13.6. The molecular formula is C27H42N4O6. The van der Waals surface area contributed by atoms with Crippen molar-refractivity contribution in [3.05, 3.63) is 29.3 Å². The first-order valence-corrected chi connectivity index (χ1v) is 13.6. The number of nitrogens with zero attached hydrogens (tertiary/aromatic N) is 3. The van der Waals surface area contributed by atoms with Crippen LogP contribution in [0.15, 0.2) is 18.2 Å². The molecule has 1 aromatic rings. The standard InChI is InChI=1S/C27H42N4O6/c1-26(2,3)37-25(36)30-14-10-27(11-15-30)8-12-29(13-9-27)17-4-5-18-19(16-17)24(35)31(23(18)34)20-6-7-21(32)28-22(20)33/h4-5,16,20-24,28,32-35H,6-15H2,1-3H3. The number of hydrogen-bond acceptors (Lipinski definition) is 9. The number of piperidine rings is 3. The predicted molar refractivity (Wildman–Crippen MR) is 137 cm³/mol. The van der Waals surface area contributed by atoms with Gasteiger partial charge in [-0.3, -0.25) is 5.32 Å². The molecule has 37 heavy (non-hydrogen) atoms. The van der Waals surface area contributed by atoms with Crippen molar-refractivity contribution in [2.75, 3.05) is 31.1 Å². The molecule has 10 heteroatoms. The van der Waals surface area contributed by atoms with Crippen LogP contribution in [0.5, 0.6) is 0 Å². The average Bonchev–Trinajstić information content (AvgIpc) is 3.08. The maximum absolute atomic E-state index is 12.4. The summed E-state index contributed by atoms with van der Waals surface area (Å²) >= 11 is 0. The van der Waals surface area contributed by atoms with Crippen LogP contribution in [-0.4, -0.2) is 86.6 Å². The van der Waals surface area contributed by atoms with Crippen LogP contribution in [0.2, 0.25) is 0 Å². The number of carbonyl (C=O) groups is 1. The molecule has 3 fully saturated rings. The zero-order valence-corrected chi connectivity index (χ0v) is 22.1. The van der Waals surface area contributed by atoms with Crippen molar-refractivity contribution >= 4 is 11.8 Å². The van der Waals surface area contributed by atoms with Gasteiger partial charge in [0.15, 0.2) is 0 Å². The van der Waals surface area contributed by atoms with Crippen molar-refractivity contribution in [3.63, 3.8) is 0 Å². The Morgan fingerprint density at radius 3 is 2.19 bits per heavy atom. The molecule has 3 saturated heterocycles. The van der Waals surface area contributed by atoms with Gasteiger partial charge in [0.05, 0.1) is 6.04 Å². The molecule has 5 rings (SSSR count). The van der Waals surface area contributed by atoms with Gasteiger partial charge >= 0.3 is 6.09 Å². The monoisotopic (exact) mass is 518 g/mol. The van der Waals surface area contributed by atoms with Gasteiger partial charge in [-0.05, 0) is 76.8 Å². The molecule has 0 radical (unpaired) electrons.